The third kappa shape index (κ3) is 3.23. The van der Waals surface area contributed by atoms with Gasteiger partial charge < -0.3 is 9.69 Å². The highest BCUT2D eigenvalue weighted by molar-refractivity contribution is 6.03. The first-order valence-corrected chi connectivity index (χ1v) is 7.54. The molecular formula is C18H23NO2. The Morgan fingerprint density at radius 1 is 1.29 bits per heavy atom. The minimum Gasteiger partial charge on any atom is -0.371 e. The zero-order valence-electron chi connectivity index (χ0n) is 12.7. The van der Waals surface area contributed by atoms with Gasteiger partial charge in [-0.15, -0.1) is 0 Å². The summed E-state index contributed by atoms with van der Waals surface area (Å²) in [6, 6.07) is 0. The van der Waals surface area contributed by atoms with E-state index in [1.807, 2.05) is 13.0 Å². The van der Waals surface area contributed by atoms with Crippen LogP contribution in [-0.2, 0) is 9.59 Å². The third-order valence-electron chi connectivity index (χ3n) is 4.42. The summed E-state index contributed by atoms with van der Waals surface area (Å²) >= 11 is 0. The molecule has 2 aliphatic rings. The van der Waals surface area contributed by atoms with Crippen molar-refractivity contribution in [2.75, 3.05) is 13.1 Å². The SMILES string of the molecule is C=CC1=C(/C=C(\C=C)N2CCC(C=O)CC2)CC(C)C1=O. The molecule has 3 nitrogen and oxygen atoms in total. The Bertz CT molecular complexity index is 519. The van der Waals surface area contributed by atoms with E-state index >= 15 is 0 Å². The molecule has 0 aromatic rings. The van der Waals surface area contributed by atoms with Crippen LogP contribution in [-0.4, -0.2) is 30.1 Å². The minimum absolute atomic E-state index is 0.0381. The predicted octanol–water partition coefficient (Wildman–Crippen LogP) is 3.06. The lowest BCUT2D eigenvalue weighted by atomic mass is 9.97. The highest BCUT2D eigenvalue weighted by Gasteiger charge is 2.27. The maximum atomic E-state index is 12.0. The molecule has 112 valence electrons. The van der Waals surface area contributed by atoms with Gasteiger partial charge in [0.2, 0.25) is 0 Å². The van der Waals surface area contributed by atoms with Crippen molar-refractivity contribution in [3.8, 4) is 0 Å². The van der Waals surface area contributed by atoms with Gasteiger partial charge in [0, 0.05) is 36.2 Å². The highest BCUT2D eigenvalue weighted by Crippen LogP contribution is 2.31. The first kappa shape index (κ1) is 15.5. The van der Waals surface area contributed by atoms with Crippen LogP contribution in [0.15, 0.2) is 48.2 Å². The summed E-state index contributed by atoms with van der Waals surface area (Å²) in [6.07, 6.45) is 9.16. The number of carbonyl (C=O) groups excluding carboxylic acids is 2. The lowest BCUT2D eigenvalue weighted by Gasteiger charge is -2.32. The second-order valence-electron chi connectivity index (χ2n) is 5.85. The molecular weight excluding hydrogens is 262 g/mol. The van der Waals surface area contributed by atoms with Gasteiger partial charge in [0.05, 0.1) is 0 Å². The van der Waals surface area contributed by atoms with Gasteiger partial charge in [-0.3, -0.25) is 4.79 Å². The normalized spacial score (nSPS) is 24.4. The van der Waals surface area contributed by atoms with Crippen molar-refractivity contribution < 1.29 is 9.59 Å². The van der Waals surface area contributed by atoms with Gasteiger partial charge >= 0.3 is 0 Å². The summed E-state index contributed by atoms with van der Waals surface area (Å²) in [5.74, 6) is 0.402. The van der Waals surface area contributed by atoms with Crippen molar-refractivity contribution in [3.05, 3.63) is 48.2 Å². The number of aldehydes is 1. The maximum absolute atomic E-state index is 12.0. The first-order chi connectivity index (χ1) is 10.1. The van der Waals surface area contributed by atoms with Gasteiger partial charge in [0.15, 0.2) is 5.78 Å². The van der Waals surface area contributed by atoms with Gasteiger partial charge in [-0.1, -0.05) is 26.2 Å². The fourth-order valence-corrected chi connectivity index (χ4v) is 3.08. The van der Waals surface area contributed by atoms with Gasteiger partial charge in [-0.25, -0.2) is 0 Å². The van der Waals surface area contributed by atoms with Gasteiger partial charge in [-0.2, -0.15) is 0 Å². The van der Waals surface area contributed by atoms with Crippen molar-refractivity contribution in [1.29, 1.82) is 0 Å². The van der Waals surface area contributed by atoms with E-state index in [1.165, 1.54) is 0 Å². The number of carbonyl (C=O) groups is 2. The fourth-order valence-electron chi connectivity index (χ4n) is 3.08. The molecule has 1 fully saturated rings. The molecule has 0 spiro atoms. The quantitative estimate of drug-likeness (QED) is 0.575. The van der Waals surface area contributed by atoms with Crippen LogP contribution in [0.1, 0.15) is 26.2 Å². The average molecular weight is 285 g/mol. The number of ketones is 1. The van der Waals surface area contributed by atoms with E-state index < -0.39 is 0 Å². The van der Waals surface area contributed by atoms with Crippen LogP contribution in [0.3, 0.4) is 0 Å². The molecule has 1 unspecified atom stereocenters. The number of rotatable bonds is 5. The average Bonchev–Trinajstić information content (AvgIpc) is 2.79. The number of nitrogens with zero attached hydrogens (tertiary/aromatic N) is 1. The van der Waals surface area contributed by atoms with Crippen LogP contribution >= 0.6 is 0 Å². The molecule has 1 heterocycles. The smallest absolute Gasteiger partial charge is 0.166 e. The molecule has 0 amide bonds. The van der Waals surface area contributed by atoms with E-state index in [-0.39, 0.29) is 17.6 Å². The van der Waals surface area contributed by atoms with Crippen LogP contribution in [0.25, 0.3) is 0 Å². The summed E-state index contributed by atoms with van der Waals surface area (Å²) in [7, 11) is 0. The topological polar surface area (TPSA) is 37.4 Å². The van der Waals surface area contributed by atoms with E-state index in [9.17, 15) is 9.59 Å². The second kappa shape index (κ2) is 6.70. The minimum atomic E-state index is 0.0381. The lowest BCUT2D eigenvalue weighted by molar-refractivity contribution is -0.117. The Morgan fingerprint density at radius 2 is 1.95 bits per heavy atom. The molecule has 2 rings (SSSR count). The van der Waals surface area contributed by atoms with Crippen LogP contribution < -0.4 is 0 Å². The molecule has 0 N–H and O–H groups in total. The van der Waals surface area contributed by atoms with Gasteiger partial charge in [0.1, 0.15) is 6.29 Å². The molecule has 21 heavy (non-hydrogen) atoms. The molecule has 0 bridgehead atoms. The number of hydrogen-bond donors (Lipinski definition) is 0. The molecule has 1 aliphatic carbocycles. The van der Waals surface area contributed by atoms with Crippen molar-refractivity contribution in [2.24, 2.45) is 11.8 Å². The zero-order valence-corrected chi connectivity index (χ0v) is 12.7. The summed E-state index contributed by atoms with van der Waals surface area (Å²) in [5, 5.41) is 0. The molecule has 0 saturated carbocycles. The Morgan fingerprint density at radius 3 is 2.48 bits per heavy atom. The summed E-state index contributed by atoms with van der Waals surface area (Å²) in [6.45, 7) is 11.3. The predicted molar refractivity (Wildman–Crippen MR) is 84.7 cm³/mol. The summed E-state index contributed by atoms with van der Waals surface area (Å²) < 4.78 is 0. The summed E-state index contributed by atoms with van der Waals surface area (Å²) in [4.78, 5) is 25.1. The number of Topliss-reactive ketones (excluding diaryl/α,β-unsaturated/α-hetero) is 1. The molecule has 3 heteroatoms. The van der Waals surface area contributed by atoms with E-state index in [1.54, 1.807) is 6.08 Å². The molecule has 0 aromatic carbocycles. The van der Waals surface area contributed by atoms with Crippen LogP contribution in [0, 0.1) is 11.8 Å². The van der Waals surface area contributed by atoms with Crippen molar-refractivity contribution in [2.45, 2.75) is 26.2 Å². The Hall–Kier alpha value is -1.90. The molecule has 0 radical (unpaired) electrons. The number of allylic oxidation sites excluding steroid dienone is 5. The van der Waals surface area contributed by atoms with Crippen molar-refractivity contribution in [3.63, 3.8) is 0 Å². The van der Waals surface area contributed by atoms with E-state index in [2.05, 4.69) is 24.1 Å². The van der Waals surface area contributed by atoms with Crippen LogP contribution in [0.4, 0.5) is 0 Å². The number of likely N-dealkylation sites (tertiary alicyclic amines) is 1. The largest absolute Gasteiger partial charge is 0.371 e. The van der Waals surface area contributed by atoms with E-state index in [0.717, 1.165) is 55.5 Å². The van der Waals surface area contributed by atoms with E-state index in [4.69, 9.17) is 0 Å². The fraction of sp³-hybridized carbons (Fsp3) is 0.444. The number of hydrogen-bond acceptors (Lipinski definition) is 3. The van der Waals surface area contributed by atoms with E-state index in [0.29, 0.717) is 0 Å². The Balaban J connectivity index is 2.19. The standard InChI is InChI=1S/C18H23NO2/c1-4-16(19-8-6-14(12-20)7-9-19)11-15-10-13(3)18(21)17(15)5-2/h4-5,11-14H,1-2,6-10H2,3H3/b16-11+. The lowest BCUT2D eigenvalue weighted by Crippen LogP contribution is -2.33. The highest BCUT2D eigenvalue weighted by atomic mass is 16.1. The Kier molecular flexibility index (Phi) is 4.94. The molecule has 1 atom stereocenters. The van der Waals surface area contributed by atoms with Crippen LogP contribution in [0.5, 0.6) is 0 Å². The molecule has 0 aromatic heterocycles. The second-order valence-corrected chi connectivity index (χ2v) is 5.85. The van der Waals surface area contributed by atoms with Crippen molar-refractivity contribution in [1.82, 2.24) is 4.90 Å². The Labute approximate surface area is 126 Å². The monoisotopic (exact) mass is 285 g/mol. The third-order valence-corrected chi connectivity index (χ3v) is 4.42. The first-order valence-electron chi connectivity index (χ1n) is 7.54. The molecule has 1 saturated heterocycles. The van der Waals surface area contributed by atoms with Crippen LogP contribution in [0.2, 0.25) is 0 Å². The van der Waals surface area contributed by atoms with Gasteiger partial charge in [0.25, 0.3) is 0 Å². The zero-order chi connectivity index (χ0) is 15.4. The van der Waals surface area contributed by atoms with Gasteiger partial charge in [-0.05, 0) is 37.0 Å². The number of piperidine rings is 1. The maximum Gasteiger partial charge on any atom is 0.166 e. The van der Waals surface area contributed by atoms with Crippen molar-refractivity contribution >= 4 is 12.1 Å². The summed E-state index contributed by atoms with van der Waals surface area (Å²) in [5.41, 5.74) is 2.83. The molecule has 1 aliphatic heterocycles.